The molecule has 0 spiro atoms. The number of nitrogens with one attached hydrogen (secondary N) is 1. The average molecular weight is 260 g/mol. The van der Waals surface area contributed by atoms with E-state index in [1.807, 2.05) is 6.92 Å². The Hall–Kier alpha value is -0.910. The molecule has 0 aromatic rings. The van der Waals surface area contributed by atoms with Gasteiger partial charge >= 0.3 is 0 Å². The molecule has 17 heavy (non-hydrogen) atoms. The lowest BCUT2D eigenvalue weighted by Gasteiger charge is -2.37. The number of rotatable bonds is 4. The summed E-state index contributed by atoms with van der Waals surface area (Å²) in [6, 6.07) is 0. The third kappa shape index (κ3) is 3.52. The van der Waals surface area contributed by atoms with Crippen LogP contribution in [0.25, 0.3) is 0 Å². The fourth-order valence-corrected chi connectivity index (χ4v) is 2.20. The molecule has 1 heterocycles. The summed E-state index contributed by atoms with van der Waals surface area (Å²) in [5.74, 6) is -0.217. The van der Waals surface area contributed by atoms with E-state index in [4.69, 9.17) is 0 Å². The molecule has 0 aliphatic carbocycles. The summed E-state index contributed by atoms with van der Waals surface area (Å²) in [5, 5.41) is 2.69. The van der Waals surface area contributed by atoms with Crippen LogP contribution in [0.3, 0.4) is 0 Å². The number of nitrogens with zero attached hydrogens (tertiary/aromatic N) is 1. The Labute approximate surface area is 104 Å². The van der Waals surface area contributed by atoms with Crippen molar-refractivity contribution in [2.24, 2.45) is 0 Å². The topological polar surface area (TPSA) is 66.5 Å². The molecule has 2 unspecified atom stereocenters. The Kier molecular flexibility index (Phi) is 4.30. The number of hydrogen-bond donors (Lipinski definition) is 1. The molecule has 1 rings (SSSR count). The second kappa shape index (κ2) is 5.16. The highest BCUT2D eigenvalue weighted by molar-refractivity contribution is 7.84. The van der Waals surface area contributed by atoms with Crippen LogP contribution in [-0.4, -0.2) is 51.1 Å². The second-order valence-electron chi connectivity index (χ2n) is 5.00. The van der Waals surface area contributed by atoms with Crippen LogP contribution in [-0.2, 0) is 20.4 Å². The first-order chi connectivity index (χ1) is 7.74. The molecule has 0 aromatic carbocycles. The van der Waals surface area contributed by atoms with Crippen LogP contribution < -0.4 is 5.32 Å². The monoisotopic (exact) mass is 260 g/mol. The molecule has 6 heteroatoms. The predicted octanol–water partition coefficient (Wildman–Crippen LogP) is -0.119. The van der Waals surface area contributed by atoms with Gasteiger partial charge in [-0.3, -0.25) is 13.8 Å². The minimum Gasteiger partial charge on any atom is -0.341 e. The Morgan fingerprint density at radius 1 is 1.47 bits per heavy atom. The van der Waals surface area contributed by atoms with Gasteiger partial charge < -0.3 is 10.2 Å². The molecule has 1 aliphatic rings. The highest BCUT2D eigenvalue weighted by Crippen LogP contribution is 2.14. The quantitative estimate of drug-likeness (QED) is 0.766. The van der Waals surface area contributed by atoms with Crippen LogP contribution in [0.4, 0.5) is 0 Å². The number of carbonyl (C=O) groups is 2. The van der Waals surface area contributed by atoms with Gasteiger partial charge in [-0.2, -0.15) is 0 Å². The van der Waals surface area contributed by atoms with Gasteiger partial charge in [-0.05, 0) is 20.3 Å². The summed E-state index contributed by atoms with van der Waals surface area (Å²) < 4.78 is 11.2. The molecular formula is C11H20N2O3S. The molecule has 1 saturated heterocycles. The fourth-order valence-electron chi connectivity index (χ4n) is 1.77. The molecule has 0 saturated carbocycles. The molecule has 2 amide bonds. The van der Waals surface area contributed by atoms with E-state index >= 15 is 0 Å². The van der Waals surface area contributed by atoms with Crippen LogP contribution >= 0.6 is 0 Å². The van der Waals surface area contributed by atoms with Gasteiger partial charge in [0.25, 0.3) is 0 Å². The van der Waals surface area contributed by atoms with Crippen molar-refractivity contribution in [1.29, 1.82) is 0 Å². The van der Waals surface area contributed by atoms with E-state index < -0.39 is 16.3 Å². The van der Waals surface area contributed by atoms with Gasteiger partial charge in [-0.25, -0.2) is 0 Å². The molecular weight excluding hydrogens is 240 g/mol. The van der Waals surface area contributed by atoms with E-state index in [1.165, 1.54) is 0 Å². The molecule has 5 nitrogen and oxygen atoms in total. The normalized spacial score (nSPS) is 23.2. The van der Waals surface area contributed by atoms with Crippen LogP contribution in [0.1, 0.15) is 27.2 Å². The number of piperazine rings is 1. The zero-order chi connectivity index (χ0) is 13.2. The fraction of sp³-hybridized carbons (Fsp3) is 0.818. The molecule has 0 aromatic heterocycles. The molecule has 1 fully saturated rings. The van der Waals surface area contributed by atoms with Gasteiger partial charge in [0, 0.05) is 28.9 Å². The molecule has 1 N–H and O–H groups in total. The zero-order valence-electron chi connectivity index (χ0n) is 10.8. The number of hydrogen-bond acceptors (Lipinski definition) is 3. The second-order valence-corrected chi connectivity index (χ2v) is 6.80. The Morgan fingerprint density at radius 2 is 2.06 bits per heavy atom. The van der Waals surface area contributed by atoms with Crippen LogP contribution in [0.5, 0.6) is 0 Å². The summed E-state index contributed by atoms with van der Waals surface area (Å²) in [6.45, 7) is 5.86. The van der Waals surface area contributed by atoms with Gasteiger partial charge in [0.05, 0.1) is 6.54 Å². The first-order valence-corrected chi connectivity index (χ1v) is 7.29. The van der Waals surface area contributed by atoms with Crippen molar-refractivity contribution in [3.8, 4) is 0 Å². The lowest BCUT2D eigenvalue weighted by Crippen LogP contribution is -2.63. The third-order valence-corrected chi connectivity index (χ3v) is 4.35. The van der Waals surface area contributed by atoms with Crippen molar-refractivity contribution in [1.82, 2.24) is 10.2 Å². The molecule has 1 aliphatic heterocycles. The van der Waals surface area contributed by atoms with Crippen molar-refractivity contribution in [2.75, 3.05) is 19.3 Å². The lowest BCUT2D eigenvalue weighted by atomic mass is 10.0. The number of carbonyl (C=O) groups excluding carboxylic acids is 2. The SMILES string of the molecule is CC(CCN1CC(=O)NC(C)(C)C1=O)S(C)=O. The van der Waals surface area contributed by atoms with Crippen LogP contribution in [0, 0.1) is 0 Å². The summed E-state index contributed by atoms with van der Waals surface area (Å²) in [7, 11) is -0.892. The van der Waals surface area contributed by atoms with E-state index in [0.29, 0.717) is 13.0 Å². The summed E-state index contributed by atoms with van der Waals surface area (Å²) in [5.41, 5.74) is -0.829. The van der Waals surface area contributed by atoms with E-state index in [-0.39, 0.29) is 23.6 Å². The standard InChI is InChI=1S/C11H20N2O3S/c1-8(17(4)16)5-6-13-7-9(14)12-11(2,3)10(13)15/h8H,5-7H2,1-4H3,(H,12,14). The summed E-state index contributed by atoms with van der Waals surface area (Å²) in [6.07, 6.45) is 2.30. The van der Waals surface area contributed by atoms with Gasteiger partial charge in [-0.15, -0.1) is 0 Å². The third-order valence-electron chi connectivity index (χ3n) is 2.98. The van der Waals surface area contributed by atoms with Gasteiger partial charge in [-0.1, -0.05) is 6.92 Å². The van der Waals surface area contributed by atoms with Gasteiger partial charge in [0.15, 0.2) is 0 Å². The summed E-state index contributed by atoms with van der Waals surface area (Å²) >= 11 is 0. The van der Waals surface area contributed by atoms with Crippen molar-refractivity contribution in [2.45, 2.75) is 38.0 Å². The van der Waals surface area contributed by atoms with Crippen molar-refractivity contribution in [3.05, 3.63) is 0 Å². The van der Waals surface area contributed by atoms with E-state index in [0.717, 1.165) is 0 Å². The van der Waals surface area contributed by atoms with Crippen molar-refractivity contribution in [3.63, 3.8) is 0 Å². The van der Waals surface area contributed by atoms with Gasteiger partial charge in [0.1, 0.15) is 5.54 Å². The highest BCUT2D eigenvalue weighted by atomic mass is 32.2. The Morgan fingerprint density at radius 3 is 2.59 bits per heavy atom. The maximum Gasteiger partial charge on any atom is 0.248 e. The highest BCUT2D eigenvalue weighted by Gasteiger charge is 2.38. The zero-order valence-corrected chi connectivity index (χ0v) is 11.6. The van der Waals surface area contributed by atoms with E-state index in [1.54, 1.807) is 25.0 Å². The first-order valence-electron chi connectivity index (χ1n) is 5.66. The van der Waals surface area contributed by atoms with Crippen molar-refractivity contribution < 1.29 is 13.8 Å². The minimum atomic E-state index is -0.892. The molecule has 0 radical (unpaired) electrons. The number of amides is 2. The van der Waals surface area contributed by atoms with Crippen molar-refractivity contribution >= 4 is 22.6 Å². The molecule has 0 bridgehead atoms. The maximum absolute atomic E-state index is 12.0. The largest absolute Gasteiger partial charge is 0.341 e. The summed E-state index contributed by atoms with van der Waals surface area (Å²) in [4.78, 5) is 25.0. The van der Waals surface area contributed by atoms with Gasteiger partial charge in [0.2, 0.25) is 11.8 Å². The Balaban J connectivity index is 2.61. The Bertz CT molecular complexity index is 355. The smallest absolute Gasteiger partial charge is 0.248 e. The average Bonchev–Trinajstić information content (AvgIpc) is 2.19. The first kappa shape index (κ1) is 14.2. The molecule has 2 atom stereocenters. The lowest BCUT2D eigenvalue weighted by molar-refractivity contribution is -0.148. The van der Waals surface area contributed by atoms with E-state index in [9.17, 15) is 13.8 Å². The van der Waals surface area contributed by atoms with Crippen LogP contribution in [0.15, 0.2) is 0 Å². The van der Waals surface area contributed by atoms with Crippen LogP contribution in [0.2, 0.25) is 0 Å². The predicted molar refractivity (Wildman–Crippen MR) is 66.9 cm³/mol. The minimum absolute atomic E-state index is 0.0379. The van der Waals surface area contributed by atoms with E-state index in [2.05, 4.69) is 5.32 Å². The molecule has 98 valence electrons. The maximum atomic E-state index is 12.0.